The van der Waals surface area contributed by atoms with Crippen molar-refractivity contribution in [1.82, 2.24) is 0 Å². The molecule has 0 aromatic carbocycles. The highest BCUT2D eigenvalue weighted by atomic mass is 16.3. The van der Waals surface area contributed by atoms with Gasteiger partial charge in [0.05, 0.1) is 6.10 Å². The van der Waals surface area contributed by atoms with E-state index >= 15 is 0 Å². The van der Waals surface area contributed by atoms with Crippen molar-refractivity contribution in [2.75, 3.05) is 0 Å². The molecule has 1 nitrogen and oxygen atoms in total. The second kappa shape index (κ2) is 9.41. The minimum absolute atomic E-state index is 0.320. The van der Waals surface area contributed by atoms with Gasteiger partial charge in [0.25, 0.3) is 0 Å². The monoisotopic (exact) mass is 222 g/mol. The molecule has 92 valence electrons. The van der Waals surface area contributed by atoms with E-state index in [1.54, 1.807) is 6.92 Å². The van der Waals surface area contributed by atoms with Gasteiger partial charge in [-0.3, -0.25) is 0 Å². The van der Waals surface area contributed by atoms with Gasteiger partial charge in [-0.2, -0.15) is 0 Å². The summed E-state index contributed by atoms with van der Waals surface area (Å²) < 4.78 is 0. The summed E-state index contributed by atoms with van der Waals surface area (Å²) in [5, 5.41) is 9.19. The second-order valence-corrected chi connectivity index (χ2v) is 4.45. The first-order valence-corrected chi connectivity index (χ1v) is 6.18. The van der Waals surface area contributed by atoms with Gasteiger partial charge in [-0.25, -0.2) is 0 Å². The van der Waals surface area contributed by atoms with Crippen LogP contribution in [-0.4, -0.2) is 11.2 Å². The molecule has 1 atom stereocenters. The normalized spacial score (nSPS) is 15.8. The van der Waals surface area contributed by atoms with E-state index in [4.69, 9.17) is 0 Å². The van der Waals surface area contributed by atoms with Gasteiger partial charge in [-0.1, -0.05) is 35.5 Å². The molecule has 1 unspecified atom stereocenters. The first kappa shape index (κ1) is 15.2. The van der Waals surface area contributed by atoms with Gasteiger partial charge in [0.2, 0.25) is 0 Å². The van der Waals surface area contributed by atoms with Crippen LogP contribution >= 0.6 is 0 Å². The summed E-state index contributed by atoms with van der Waals surface area (Å²) in [6.45, 7) is 8.12. The summed E-state index contributed by atoms with van der Waals surface area (Å²) in [7, 11) is 0. The lowest BCUT2D eigenvalue weighted by Crippen LogP contribution is -1.94. The van der Waals surface area contributed by atoms with E-state index in [1.807, 2.05) is 6.08 Å². The van der Waals surface area contributed by atoms with E-state index in [1.165, 1.54) is 11.1 Å². The van der Waals surface area contributed by atoms with Gasteiger partial charge in [0.15, 0.2) is 0 Å². The molecule has 0 aliphatic heterocycles. The van der Waals surface area contributed by atoms with Crippen molar-refractivity contribution < 1.29 is 5.11 Å². The van der Waals surface area contributed by atoms with Gasteiger partial charge >= 0.3 is 0 Å². The van der Waals surface area contributed by atoms with Gasteiger partial charge in [-0.15, -0.1) is 0 Å². The van der Waals surface area contributed by atoms with Crippen molar-refractivity contribution in [1.29, 1.82) is 0 Å². The summed E-state index contributed by atoms with van der Waals surface area (Å²) in [5.74, 6) is 0. The van der Waals surface area contributed by atoms with Crippen LogP contribution < -0.4 is 0 Å². The number of aliphatic hydroxyl groups is 1. The minimum Gasteiger partial charge on any atom is -0.389 e. The molecule has 0 aliphatic carbocycles. The lowest BCUT2D eigenvalue weighted by Gasteiger charge is -2.04. The topological polar surface area (TPSA) is 20.2 Å². The number of rotatable bonds is 7. The molecule has 0 radical (unpaired) electrons. The number of hydrogen-bond acceptors (Lipinski definition) is 1. The fourth-order valence-corrected chi connectivity index (χ4v) is 1.58. The maximum absolute atomic E-state index is 9.19. The summed E-state index contributed by atoms with van der Waals surface area (Å²) in [6.07, 6.45) is 12.6. The lowest BCUT2D eigenvalue weighted by molar-refractivity contribution is 0.243. The Bertz CT molecular complexity index is 257. The van der Waals surface area contributed by atoms with Gasteiger partial charge in [-0.05, 0) is 53.4 Å². The van der Waals surface area contributed by atoms with Crippen LogP contribution in [0.15, 0.2) is 35.5 Å². The Labute approximate surface area is 101 Å². The standard InChI is InChI=1S/C15H26O/c1-5-6-7-8-9-13(2)10-11-14(3)12-15(4)16/h5-6,9,12,15-16H,7-8,10-11H2,1-4H3. The van der Waals surface area contributed by atoms with Crippen LogP contribution in [0.1, 0.15) is 53.4 Å². The van der Waals surface area contributed by atoms with Crippen molar-refractivity contribution in [3.05, 3.63) is 35.5 Å². The molecule has 0 saturated heterocycles. The van der Waals surface area contributed by atoms with E-state index < -0.39 is 0 Å². The molecule has 0 bridgehead atoms. The fraction of sp³-hybridized carbons (Fsp3) is 0.600. The Balaban J connectivity index is 3.83. The molecular formula is C15H26O. The van der Waals surface area contributed by atoms with Crippen LogP contribution in [0.3, 0.4) is 0 Å². The molecule has 0 spiro atoms. The van der Waals surface area contributed by atoms with Crippen LogP contribution in [0.4, 0.5) is 0 Å². The van der Waals surface area contributed by atoms with Crippen molar-refractivity contribution in [2.45, 2.75) is 59.5 Å². The van der Waals surface area contributed by atoms with E-state index in [0.717, 1.165) is 25.7 Å². The zero-order chi connectivity index (χ0) is 12.4. The van der Waals surface area contributed by atoms with Crippen molar-refractivity contribution >= 4 is 0 Å². The van der Waals surface area contributed by atoms with E-state index in [0.29, 0.717) is 0 Å². The predicted molar refractivity (Wildman–Crippen MR) is 72.5 cm³/mol. The average molecular weight is 222 g/mol. The average Bonchev–Trinajstić information content (AvgIpc) is 2.20. The molecule has 0 aromatic rings. The van der Waals surface area contributed by atoms with Crippen LogP contribution in [0, 0.1) is 0 Å². The predicted octanol–water partition coefficient (Wildman–Crippen LogP) is 4.40. The van der Waals surface area contributed by atoms with Gasteiger partial charge in [0.1, 0.15) is 0 Å². The molecule has 1 heteroatoms. The maximum atomic E-state index is 9.19. The molecule has 0 saturated carbocycles. The molecule has 0 rings (SSSR count). The van der Waals surface area contributed by atoms with E-state index in [-0.39, 0.29) is 6.10 Å². The largest absolute Gasteiger partial charge is 0.389 e. The van der Waals surface area contributed by atoms with Crippen LogP contribution in [-0.2, 0) is 0 Å². The molecule has 16 heavy (non-hydrogen) atoms. The number of allylic oxidation sites excluding steroid dienone is 5. The summed E-state index contributed by atoms with van der Waals surface area (Å²) in [6, 6.07) is 0. The minimum atomic E-state index is -0.320. The number of unbranched alkanes of at least 4 members (excludes halogenated alkanes) is 1. The number of hydrogen-bond donors (Lipinski definition) is 1. The SMILES string of the molecule is CC=CCCC=C(C)CCC(C)=CC(C)O. The molecule has 1 N–H and O–H groups in total. The summed E-state index contributed by atoms with van der Waals surface area (Å²) >= 11 is 0. The third kappa shape index (κ3) is 9.72. The van der Waals surface area contributed by atoms with Crippen LogP contribution in [0.25, 0.3) is 0 Å². The zero-order valence-electron chi connectivity index (χ0n) is 11.2. The smallest absolute Gasteiger partial charge is 0.0695 e. The number of aliphatic hydroxyl groups excluding tert-OH is 1. The maximum Gasteiger partial charge on any atom is 0.0695 e. The van der Waals surface area contributed by atoms with E-state index in [2.05, 4.69) is 39.0 Å². The Hall–Kier alpha value is -0.820. The molecule has 0 amide bonds. The molecule has 0 fully saturated rings. The molecule has 0 aliphatic rings. The van der Waals surface area contributed by atoms with Gasteiger partial charge in [0, 0.05) is 0 Å². The molecular weight excluding hydrogens is 196 g/mol. The van der Waals surface area contributed by atoms with Crippen molar-refractivity contribution in [3.63, 3.8) is 0 Å². The van der Waals surface area contributed by atoms with Crippen molar-refractivity contribution in [2.24, 2.45) is 0 Å². The van der Waals surface area contributed by atoms with Crippen LogP contribution in [0.2, 0.25) is 0 Å². The molecule has 0 heterocycles. The summed E-state index contributed by atoms with van der Waals surface area (Å²) in [5.41, 5.74) is 2.72. The Morgan fingerprint density at radius 2 is 1.75 bits per heavy atom. The Kier molecular flexibility index (Phi) is 8.93. The van der Waals surface area contributed by atoms with Gasteiger partial charge < -0.3 is 5.11 Å². The summed E-state index contributed by atoms with van der Waals surface area (Å²) in [4.78, 5) is 0. The van der Waals surface area contributed by atoms with Crippen molar-refractivity contribution in [3.8, 4) is 0 Å². The first-order chi connectivity index (χ1) is 7.56. The Morgan fingerprint density at radius 1 is 1.12 bits per heavy atom. The quantitative estimate of drug-likeness (QED) is 0.500. The van der Waals surface area contributed by atoms with E-state index in [9.17, 15) is 5.11 Å². The Morgan fingerprint density at radius 3 is 2.31 bits per heavy atom. The second-order valence-electron chi connectivity index (χ2n) is 4.45. The highest BCUT2D eigenvalue weighted by molar-refractivity contribution is 5.06. The third-order valence-corrected chi connectivity index (χ3v) is 2.50. The molecule has 0 aromatic heterocycles. The van der Waals surface area contributed by atoms with Crippen LogP contribution in [0.5, 0.6) is 0 Å². The highest BCUT2D eigenvalue weighted by Gasteiger charge is 1.95. The zero-order valence-corrected chi connectivity index (χ0v) is 11.2. The third-order valence-electron chi connectivity index (χ3n) is 2.50. The fourth-order valence-electron chi connectivity index (χ4n) is 1.58. The lowest BCUT2D eigenvalue weighted by atomic mass is 10.0. The first-order valence-electron chi connectivity index (χ1n) is 6.18. The highest BCUT2D eigenvalue weighted by Crippen LogP contribution is 2.12.